The predicted octanol–water partition coefficient (Wildman–Crippen LogP) is 9.25. The topological polar surface area (TPSA) is 18.5 Å². The molecule has 0 spiro atoms. The molecule has 0 bridgehead atoms. The molecule has 0 heterocycles. The van der Waals surface area contributed by atoms with Gasteiger partial charge < -0.3 is 9.47 Å². The summed E-state index contributed by atoms with van der Waals surface area (Å²) in [4.78, 5) is 0. The first-order valence-electron chi connectivity index (χ1n) is 12.8. The van der Waals surface area contributed by atoms with Crippen molar-refractivity contribution in [2.75, 3.05) is 13.2 Å². The average molecular weight is 445 g/mol. The second-order valence-electron chi connectivity index (χ2n) is 8.76. The molecule has 0 aliphatic carbocycles. The summed E-state index contributed by atoms with van der Waals surface area (Å²) in [5.41, 5.74) is 6.12. The molecule has 1 atom stereocenters. The zero-order valence-corrected chi connectivity index (χ0v) is 20.7. The standard InChI is InChI=1S/C31H40O2/c1-4-6-7-8-9-10-13-24-33-29-22-20-28(21-23-29)31-15-12-11-14-30(31)27-18-16-26(17-19-27)25(3)32-5-2/h11-12,14-23,25H,4-10,13,24H2,1-3H3. The fourth-order valence-electron chi connectivity index (χ4n) is 4.25. The van der Waals surface area contributed by atoms with Gasteiger partial charge in [-0.3, -0.25) is 0 Å². The van der Waals surface area contributed by atoms with Crippen LogP contribution in [0.15, 0.2) is 72.8 Å². The highest BCUT2D eigenvalue weighted by atomic mass is 16.5. The highest BCUT2D eigenvalue weighted by molar-refractivity contribution is 5.83. The molecule has 0 N–H and O–H groups in total. The van der Waals surface area contributed by atoms with E-state index in [-0.39, 0.29) is 6.10 Å². The van der Waals surface area contributed by atoms with E-state index in [1.807, 2.05) is 6.92 Å². The molecule has 0 amide bonds. The molecule has 0 aliphatic heterocycles. The number of unbranched alkanes of at least 4 members (excludes halogenated alkanes) is 6. The second kappa shape index (κ2) is 13.9. The van der Waals surface area contributed by atoms with Gasteiger partial charge in [-0.05, 0) is 60.2 Å². The molecule has 3 rings (SSSR count). The highest BCUT2D eigenvalue weighted by Crippen LogP contribution is 2.33. The number of hydrogen-bond acceptors (Lipinski definition) is 2. The van der Waals surface area contributed by atoms with Crippen LogP contribution in [-0.4, -0.2) is 13.2 Å². The summed E-state index contributed by atoms with van der Waals surface area (Å²) in [6.45, 7) is 7.93. The van der Waals surface area contributed by atoms with E-state index in [1.54, 1.807) is 0 Å². The third kappa shape index (κ3) is 7.75. The summed E-state index contributed by atoms with van der Waals surface area (Å²) in [7, 11) is 0. The van der Waals surface area contributed by atoms with Gasteiger partial charge in [-0.1, -0.05) is 106 Å². The van der Waals surface area contributed by atoms with E-state index >= 15 is 0 Å². The van der Waals surface area contributed by atoms with E-state index < -0.39 is 0 Å². The highest BCUT2D eigenvalue weighted by Gasteiger charge is 2.09. The van der Waals surface area contributed by atoms with E-state index in [4.69, 9.17) is 9.47 Å². The molecule has 3 aromatic rings. The van der Waals surface area contributed by atoms with Crippen molar-refractivity contribution in [2.24, 2.45) is 0 Å². The van der Waals surface area contributed by atoms with Crippen molar-refractivity contribution in [3.63, 3.8) is 0 Å². The lowest BCUT2D eigenvalue weighted by molar-refractivity contribution is 0.0764. The van der Waals surface area contributed by atoms with Crippen LogP contribution >= 0.6 is 0 Å². The second-order valence-corrected chi connectivity index (χ2v) is 8.76. The molecule has 0 fully saturated rings. The summed E-state index contributed by atoms with van der Waals surface area (Å²) < 4.78 is 11.7. The molecule has 0 radical (unpaired) electrons. The number of rotatable bonds is 14. The van der Waals surface area contributed by atoms with Crippen molar-refractivity contribution in [3.05, 3.63) is 78.4 Å². The maximum absolute atomic E-state index is 5.98. The Morgan fingerprint density at radius 2 is 1.18 bits per heavy atom. The zero-order chi connectivity index (χ0) is 23.3. The summed E-state index contributed by atoms with van der Waals surface area (Å²) in [5, 5.41) is 0. The SMILES string of the molecule is CCCCCCCCCOc1ccc(-c2ccccc2-c2ccc(C(C)OCC)cc2)cc1. The number of ether oxygens (including phenoxy) is 2. The lowest BCUT2D eigenvalue weighted by Crippen LogP contribution is -1.99. The van der Waals surface area contributed by atoms with Gasteiger partial charge in [0.05, 0.1) is 12.7 Å². The molecular formula is C31H40O2. The maximum Gasteiger partial charge on any atom is 0.119 e. The van der Waals surface area contributed by atoms with Gasteiger partial charge >= 0.3 is 0 Å². The molecule has 1 unspecified atom stereocenters. The molecule has 2 heteroatoms. The van der Waals surface area contributed by atoms with Gasteiger partial charge in [0.1, 0.15) is 5.75 Å². The fourth-order valence-corrected chi connectivity index (χ4v) is 4.25. The molecule has 0 aliphatic rings. The van der Waals surface area contributed by atoms with Gasteiger partial charge in [0.2, 0.25) is 0 Å². The molecule has 0 saturated heterocycles. The van der Waals surface area contributed by atoms with E-state index in [9.17, 15) is 0 Å². The largest absolute Gasteiger partial charge is 0.494 e. The van der Waals surface area contributed by atoms with Crippen LogP contribution in [0.4, 0.5) is 0 Å². The first-order valence-corrected chi connectivity index (χ1v) is 12.8. The Bertz CT molecular complexity index is 928. The molecule has 2 nitrogen and oxygen atoms in total. The fraction of sp³-hybridized carbons (Fsp3) is 0.419. The minimum atomic E-state index is 0.118. The first kappa shape index (κ1) is 25.1. The lowest BCUT2D eigenvalue weighted by Gasteiger charge is -2.14. The Kier molecular flexibility index (Phi) is 10.5. The van der Waals surface area contributed by atoms with Crippen LogP contribution in [0.5, 0.6) is 5.75 Å². The van der Waals surface area contributed by atoms with Gasteiger partial charge in [0.25, 0.3) is 0 Å². The molecule has 3 aromatic carbocycles. The Balaban J connectivity index is 1.59. The van der Waals surface area contributed by atoms with Crippen LogP contribution in [0, 0.1) is 0 Å². The average Bonchev–Trinajstić information content (AvgIpc) is 2.86. The van der Waals surface area contributed by atoms with Crippen LogP contribution in [0.2, 0.25) is 0 Å². The van der Waals surface area contributed by atoms with Crippen molar-refractivity contribution in [1.29, 1.82) is 0 Å². The number of hydrogen-bond donors (Lipinski definition) is 0. The Labute approximate surface area is 201 Å². The van der Waals surface area contributed by atoms with Crippen molar-refractivity contribution >= 4 is 0 Å². The summed E-state index contributed by atoms with van der Waals surface area (Å²) in [6, 6.07) is 25.9. The Morgan fingerprint density at radius 3 is 1.76 bits per heavy atom. The Morgan fingerprint density at radius 1 is 0.636 bits per heavy atom. The van der Waals surface area contributed by atoms with Crippen molar-refractivity contribution in [3.8, 4) is 28.0 Å². The third-order valence-corrected chi connectivity index (χ3v) is 6.22. The van der Waals surface area contributed by atoms with Gasteiger partial charge in [0.15, 0.2) is 0 Å². The first-order chi connectivity index (χ1) is 16.2. The molecule has 176 valence electrons. The molecule has 0 aromatic heterocycles. The third-order valence-electron chi connectivity index (χ3n) is 6.22. The van der Waals surface area contributed by atoms with Crippen molar-refractivity contribution in [1.82, 2.24) is 0 Å². The predicted molar refractivity (Wildman–Crippen MR) is 141 cm³/mol. The van der Waals surface area contributed by atoms with Gasteiger partial charge in [0, 0.05) is 6.61 Å². The zero-order valence-electron chi connectivity index (χ0n) is 20.7. The summed E-state index contributed by atoms with van der Waals surface area (Å²) in [5.74, 6) is 0.955. The maximum atomic E-state index is 5.98. The van der Waals surface area contributed by atoms with E-state index in [0.29, 0.717) is 0 Å². The Hall–Kier alpha value is -2.58. The van der Waals surface area contributed by atoms with Crippen LogP contribution in [0.3, 0.4) is 0 Å². The quantitative estimate of drug-likeness (QED) is 0.231. The monoisotopic (exact) mass is 444 g/mol. The normalized spacial score (nSPS) is 12.0. The molecule has 33 heavy (non-hydrogen) atoms. The van der Waals surface area contributed by atoms with Crippen LogP contribution < -0.4 is 4.74 Å². The molecule has 0 saturated carbocycles. The van der Waals surface area contributed by atoms with Crippen molar-refractivity contribution < 1.29 is 9.47 Å². The summed E-state index contributed by atoms with van der Waals surface area (Å²) >= 11 is 0. The summed E-state index contributed by atoms with van der Waals surface area (Å²) in [6.07, 6.45) is 9.24. The minimum Gasteiger partial charge on any atom is -0.494 e. The van der Waals surface area contributed by atoms with E-state index in [2.05, 4.69) is 86.6 Å². The van der Waals surface area contributed by atoms with Crippen LogP contribution in [-0.2, 0) is 4.74 Å². The lowest BCUT2D eigenvalue weighted by atomic mass is 9.94. The van der Waals surface area contributed by atoms with Crippen LogP contribution in [0.25, 0.3) is 22.3 Å². The van der Waals surface area contributed by atoms with Gasteiger partial charge in [-0.2, -0.15) is 0 Å². The van der Waals surface area contributed by atoms with Crippen LogP contribution in [0.1, 0.15) is 77.4 Å². The van der Waals surface area contributed by atoms with Crippen molar-refractivity contribution in [2.45, 2.75) is 71.8 Å². The number of benzene rings is 3. The van der Waals surface area contributed by atoms with E-state index in [1.165, 1.54) is 66.3 Å². The van der Waals surface area contributed by atoms with Gasteiger partial charge in [-0.25, -0.2) is 0 Å². The molecular weight excluding hydrogens is 404 g/mol. The smallest absolute Gasteiger partial charge is 0.119 e. The van der Waals surface area contributed by atoms with E-state index in [0.717, 1.165) is 25.4 Å². The minimum absolute atomic E-state index is 0.118. The van der Waals surface area contributed by atoms with Gasteiger partial charge in [-0.15, -0.1) is 0 Å².